The van der Waals surface area contributed by atoms with E-state index in [4.69, 9.17) is 4.42 Å². The highest BCUT2D eigenvalue weighted by Gasteiger charge is 2.11. The first-order valence-electron chi connectivity index (χ1n) is 6.63. The number of anilines is 1. The van der Waals surface area contributed by atoms with Crippen LogP contribution in [0.1, 0.15) is 24.2 Å². The van der Waals surface area contributed by atoms with Crippen molar-refractivity contribution in [2.75, 3.05) is 5.32 Å². The van der Waals surface area contributed by atoms with E-state index in [0.717, 1.165) is 22.5 Å². The van der Waals surface area contributed by atoms with Crippen LogP contribution in [0.3, 0.4) is 0 Å². The van der Waals surface area contributed by atoms with Crippen molar-refractivity contribution in [1.29, 1.82) is 0 Å². The zero-order chi connectivity index (χ0) is 14.7. The van der Waals surface area contributed by atoms with E-state index >= 15 is 0 Å². The lowest BCUT2D eigenvalue weighted by atomic mass is 10.1. The zero-order valence-electron chi connectivity index (χ0n) is 11.8. The number of aryl methyl sites for hydroxylation is 1. The van der Waals surface area contributed by atoms with Crippen molar-refractivity contribution < 1.29 is 4.42 Å². The number of aromatic nitrogens is 4. The van der Waals surface area contributed by atoms with Crippen LogP contribution in [-0.4, -0.2) is 20.2 Å². The van der Waals surface area contributed by atoms with Gasteiger partial charge in [0, 0.05) is 23.6 Å². The van der Waals surface area contributed by atoms with Crippen molar-refractivity contribution in [1.82, 2.24) is 20.2 Å². The molecule has 0 amide bonds. The Morgan fingerprint density at radius 2 is 2.14 bits per heavy atom. The highest BCUT2D eigenvalue weighted by molar-refractivity contribution is 5.64. The summed E-state index contributed by atoms with van der Waals surface area (Å²) in [6, 6.07) is 6.03. The van der Waals surface area contributed by atoms with E-state index in [-0.39, 0.29) is 6.04 Å². The molecule has 0 saturated heterocycles. The van der Waals surface area contributed by atoms with E-state index in [0.29, 0.717) is 5.89 Å². The van der Waals surface area contributed by atoms with E-state index in [2.05, 4.69) is 25.5 Å². The lowest BCUT2D eigenvalue weighted by molar-refractivity contribution is 0.568. The van der Waals surface area contributed by atoms with Gasteiger partial charge in [-0.2, -0.15) is 0 Å². The average molecular weight is 281 g/mol. The van der Waals surface area contributed by atoms with Gasteiger partial charge in [-0.25, -0.2) is 0 Å². The zero-order valence-corrected chi connectivity index (χ0v) is 11.8. The van der Waals surface area contributed by atoms with E-state index < -0.39 is 0 Å². The topological polar surface area (TPSA) is 76.7 Å². The Balaban J connectivity index is 1.86. The first kappa shape index (κ1) is 13.2. The van der Waals surface area contributed by atoms with Gasteiger partial charge in [-0.3, -0.25) is 9.97 Å². The van der Waals surface area contributed by atoms with Gasteiger partial charge in [0.1, 0.15) is 0 Å². The second-order valence-corrected chi connectivity index (χ2v) is 4.77. The molecule has 0 saturated carbocycles. The summed E-state index contributed by atoms with van der Waals surface area (Å²) < 4.78 is 5.23. The van der Waals surface area contributed by atoms with Gasteiger partial charge in [0.15, 0.2) is 0 Å². The van der Waals surface area contributed by atoms with Gasteiger partial charge in [-0.15, -0.1) is 10.2 Å². The Bertz CT molecular complexity index is 712. The lowest BCUT2D eigenvalue weighted by Crippen LogP contribution is -2.09. The molecule has 6 nitrogen and oxygen atoms in total. The largest absolute Gasteiger partial charge is 0.423 e. The predicted octanol–water partition coefficient (Wildman–Crippen LogP) is 3.01. The predicted molar refractivity (Wildman–Crippen MR) is 78.5 cm³/mol. The molecule has 6 heteroatoms. The maximum absolute atomic E-state index is 5.23. The molecule has 0 aliphatic rings. The third-order valence-corrected chi connectivity index (χ3v) is 3.24. The van der Waals surface area contributed by atoms with Crippen molar-refractivity contribution in [3.05, 3.63) is 54.4 Å². The second kappa shape index (κ2) is 5.70. The Morgan fingerprint density at radius 3 is 2.86 bits per heavy atom. The molecule has 1 aromatic carbocycles. The van der Waals surface area contributed by atoms with E-state index in [1.807, 2.05) is 32.0 Å². The highest BCUT2D eigenvalue weighted by atomic mass is 16.4. The fraction of sp³-hybridized carbons (Fsp3) is 0.200. The SMILES string of the molecule is Cc1ccc(-c2nnco2)cc1NC(C)c1cnccn1. The maximum Gasteiger partial charge on any atom is 0.247 e. The van der Waals surface area contributed by atoms with Gasteiger partial charge in [0.25, 0.3) is 0 Å². The molecule has 2 aromatic heterocycles. The summed E-state index contributed by atoms with van der Waals surface area (Å²) in [6.07, 6.45) is 6.44. The van der Waals surface area contributed by atoms with Gasteiger partial charge in [0.05, 0.1) is 17.9 Å². The summed E-state index contributed by atoms with van der Waals surface area (Å²) in [5.41, 5.74) is 3.91. The van der Waals surface area contributed by atoms with Crippen LogP contribution in [-0.2, 0) is 0 Å². The second-order valence-electron chi connectivity index (χ2n) is 4.77. The minimum absolute atomic E-state index is 0.0512. The number of hydrogen-bond acceptors (Lipinski definition) is 6. The molecule has 0 bridgehead atoms. The third kappa shape index (κ3) is 2.89. The molecule has 106 valence electrons. The number of benzene rings is 1. The van der Waals surface area contributed by atoms with Crippen LogP contribution in [0, 0.1) is 6.92 Å². The molecule has 0 fully saturated rings. The van der Waals surface area contributed by atoms with Crippen molar-refractivity contribution in [2.45, 2.75) is 19.9 Å². The molecular formula is C15H15N5O. The van der Waals surface area contributed by atoms with Gasteiger partial charge in [-0.1, -0.05) is 6.07 Å². The molecule has 21 heavy (non-hydrogen) atoms. The molecule has 3 rings (SSSR count). The standard InChI is InChI=1S/C15H15N5O/c1-10-3-4-12(15-20-18-9-21-15)7-13(10)19-11(2)14-8-16-5-6-17-14/h3-9,11,19H,1-2H3. The van der Waals surface area contributed by atoms with Crippen molar-refractivity contribution in [3.8, 4) is 11.5 Å². The van der Waals surface area contributed by atoms with Gasteiger partial charge >= 0.3 is 0 Å². The molecule has 1 atom stereocenters. The van der Waals surface area contributed by atoms with Crippen LogP contribution in [0.5, 0.6) is 0 Å². The van der Waals surface area contributed by atoms with Crippen LogP contribution in [0.15, 0.2) is 47.6 Å². The van der Waals surface area contributed by atoms with Gasteiger partial charge < -0.3 is 9.73 Å². The Morgan fingerprint density at radius 1 is 1.24 bits per heavy atom. The van der Waals surface area contributed by atoms with E-state index in [1.165, 1.54) is 6.39 Å². The molecule has 0 aliphatic carbocycles. The fourth-order valence-electron chi connectivity index (χ4n) is 2.05. The fourth-order valence-corrected chi connectivity index (χ4v) is 2.05. The van der Waals surface area contributed by atoms with Crippen molar-refractivity contribution >= 4 is 5.69 Å². The van der Waals surface area contributed by atoms with Crippen LogP contribution in [0.25, 0.3) is 11.5 Å². The number of nitrogens with zero attached hydrogens (tertiary/aromatic N) is 4. The number of nitrogens with one attached hydrogen (secondary N) is 1. The number of rotatable bonds is 4. The molecule has 1 N–H and O–H groups in total. The maximum atomic E-state index is 5.23. The van der Waals surface area contributed by atoms with E-state index in [9.17, 15) is 0 Å². The lowest BCUT2D eigenvalue weighted by Gasteiger charge is -2.16. The van der Waals surface area contributed by atoms with Crippen LogP contribution < -0.4 is 5.32 Å². The number of hydrogen-bond donors (Lipinski definition) is 1. The minimum atomic E-state index is 0.0512. The van der Waals surface area contributed by atoms with Gasteiger partial charge in [0.2, 0.25) is 12.3 Å². The Labute approximate surface area is 122 Å². The molecule has 3 aromatic rings. The Hall–Kier alpha value is -2.76. The molecule has 1 unspecified atom stereocenters. The molecule has 0 spiro atoms. The summed E-state index contributed by atoms with van der Waals surface area (Å²) in [4.78, 5) is 8.40. The Kier molecular flexibility index (Phi) is 3.59. The molecule has 0 aliphatic heterocycles. The average Bonchev–Trinajstić information content (AvgIpc) is 3.04. The monoisotopic (exact) mass is 281 g/mol. The normalized spacial score (nSPS) is 12.1. The first-order chi connectivity index (χ1) is 10.2. The summed E-state index contributed by atoms with van der Waals surface area (Å²) in [5.74, 6) is 0.505. The van der Waals surface area contributed by atoms with Gasteiger partial charge in [-0.05, 0) is 31.5 Å². The molecule has 0 radical (unpaired) electrons. The summed E-state index contributed by atoms with van der Waals surface area (Å²) in [6.45, 7) is 4.09. The van der Waals surface area contributed by atoms with Crippen LogP contribution in [0.4, 0.5) is 5.69 Å². The first-order valence-corrected chi connectivity index (χ1v) is 6.63. The third-order valence-electron chi connectivity index (χ3n) is 3.24. The van der Waals surface area contributed by atoms with Crippen LogP contribution >= 0.6 is 0 Å². The summed E-state index contributed by atoms with van der Waals surface area (Å²) >= 11 is 0. The summed E-state index contributed by atoms with van der Waals surface area (Å²) in [5, 5.41) is 11.1. The molecular weight excluding hydrogens is 266 g/mol. The molecule has 2 heterocycles. The quantitative estimate of drug-likeness (QED) is 0.792. The van der Waals surface area contributed by atoms with Crippen LogP contribution in [0.2, 0.25) is 0 Å². The van der Waals surface area contributed by atoms with Crippen molar-refractivity contribution in [3.63, 3.8) is 0 Å². The smallest absolute Gasteiger partial charge is 0.247 e. The summed E-state index contributed by atoms with van der Waals surface area (Å²) in [7, 11) is 0. The van der Waals surface area contributed by atoms with Crippen molar-refractivity contribution in [2.24, 2.45) is 0 Å². The highest BCUT2D eigenvalue weighted by Crippen LogP contribution is 2.26. The minimum Gasteiger partial charge on any atom is -0.423 e. The van der Waals surface area contributed by atoms with E-state index in [1.54, 1.807) is 18.6 Å².